The summed E-state index contributed by atoms with van der Waals surface area (Å²) in [7, 11) is 0. The first kappa shape index (κ1) is 10.3. The van der Waals surface area contributed by atoms with Crippen molar-refractivity contribution in [3.05, 3.63) is 45.4 Å². The molecule has 0 radical (unpaired) electrons. The maximum absolute atomic E-state index is 6.09. The molecule has 0 bridgehead atoms. The second kappa shape index (κ2) is 3.56. The first-order chi connectivity index (χ1) is 7.68. The van der Waals surface area contributed by atoms with E-state index in [0.717, 1.165) is 16.4 Å². The summed E-state index contributed by atoms with van der Waals surface area (Å²) in [6.45, 7) is 0. The van der Waals surface area contributed by atoms with E-state index in [1.54, 1.807) is 6.07 Å². The van der Waals surface area contributed by atoms with Crippen molar-refractivity contribution < 1.29 is 4.42 Å². The predicted octanol–water partition coefficient (Wildman–Crippen LogP) is 5.55. The van der Waals surface area contributed by atoms with Gasteiger partial charge in [-0.1, -0.05) is 53.0 Å². The Morgan fingerprint density at radius 3 is 2.44 bits per heavy atom. The van der Waals surface area contributed by atoms with E-state index in [2.05, 4.69) is 0 Å². The molecule has 80 valence electrons. The zero-order chi connectivity index (χ0) is 11.3. The second-order valence-electron chi connectivity index (χ2n) is 3.46. The minimum atomic E-state index is 0.329. The van der Waals surface area contributed by atoms with Gasteiger partial charge < -0.3 is 4.42 Å². The number of fused-ring (bicyclic) bond motifs is 3. The van der Waals surface area contributed by atoms with Crippen LogP contribution < -0.4 is 0 Å². The van der Waals surface area contributed by atoms with Gasteiger partial charge in [-0.25, -0.2) is 0 Å². The van der Waals surface area contributed by atoms with Crippen molar-refractivity contribution in [2.75, 3.05) is 0 Å². The van der Waals surface area contributed by atoms with Gasteiger partial charge in [-0.15, -0.1) is 0 Å². The molecular weight excluding hydrogens is 266 g/mol. The molecular formula is C12H5Cl3O. The van der Waals surface area contributed by atoms with Gasteiger partial charge in [0, 0.05) is 10.8 Å². The summed E-state index contributed by atoms with van der Waals surface area (Å²) in [6, 6.07) is 9.46. The quantitative estimate of drug-likeness (QED) is 0.489. The van der Waals surface area contributed by atoms with Crippen LogP contribution in [0.1, 0.15) is 0 Å². The summed E-state index contributed by atoms with van der Waals surface area (Å²) in [5.74, 6) is 0. The highest BCUT2D eigenvalue weighted by atomic mass is 35.5. The lowest BCUT2D eigenvalue weighted by molar-refractivity contribution is 0.669. The molecule has 3 aromatic rings. The van der Waals surface area contributed by atoms with Gasteiger partial charge in [-0.3, -0.25) is 0 Å². The van der Waals surface area contributed by atoms with Crippen LogP contribution in [0.2, 0.25) is 15.1 Å². The number of halogens is 3. The molecule has 3 rings (SSSR count). The average molecular weight is 272 g/mol. The first-order valence-corrected chi connectivity index (χ1v) is 5.76. The number of benzene rings is 2. The minimum Gasteiger partial charge on any atom is -0.454 e. The molecule has 2 aromatic carbocycles. The van der Waals surface area contributed by atoms with Gasteiger partial charge >= 0.3 is 0 Å². The Labute approximate surface area is 106 Å². The van der Waals surface area contributed by atoms with Gasteiger partial charge in [-0.2, -0.15) is 0 Å². The zero-order valence-corrected chi connectivity index (χ0v) is 10.2. The van der Waals surface area contributed by atoms with Crippen LogP contribution in [-0.4, -0.2) is 0 Å². The van der Waals surface area contributed by atoms with Crippen molar-refractivity contribution in [1.82, 2.24) is 0 Å². The zero-order valence-electron chi connectivity index (χ0n) is 7.93. The summed E-state index contributed by atoms with van der Waals surface area (Å²) < 4.78 is 5.64. The van der Waals surface area contributed by atoms with E-state index in [1.165, 1.54) is 0 Å². The smallest absolute Gasteiger partial charge is 0.155 e. The van der Waals surface area contributed by atoms with Crippen LogP contribution in [0.25, 0.3) is 21.9 Å². The Hall–Kier alpha value is -0.890. The van der Waals surface area contributed by atoms with Gasteiger partial charge in [0.1, 0.15) is 10.6 Å². The number of furan rings is 1. The van der Waals surface area contributed by atoms with Crippen LogP contribution in [0, 0.1) is 0 Å². The van der Waals surface area contributed by atoms with E-state index in [-0.39, 0.29) is 0 Å². The summed E-state index contributed by atoms with van der Waals surface area (Å²) in [4.78, 5) is 0. The highest BCUT2D eigenvalue weighted by molar-refractivity contribution is 6.50. The van der Waals surface area contributed by atoms with Crippen molar-refractivity contribution in [2.45, 2.75) is 0 Å². The molecule has 0 saturated heterocycles. The van der Waals surface area contributed by atoms with Crippen LogP contribution in [0.5, 0.6) is 0 Å². The maximum atomic E-state index is 6.09. The molecule has 1 aromatic heterocycles. The lowest BCUT2D eigenvalue weighted by Gasteiger charge is -1.98. The van der Waals surface area contributed by atoms with Crippen LogP contribution in [0.4, 0.5) is 0 Å². The normalized spacial score (nSPS) is 11.4. The van der Waals surface area contributed by atoms with Gasteiger partial charge in [0.15, 0.2) is 5.58 Å². The Morgan fingerprint density at radius 2 is 1.62 bits per heavy atom. The molecule has 0 aliphatic carbocycles. The molecule has 1 heterocycles. The third-order valence-corrected chi connectivity index (χ3v) is 3.75. The van der Waals surface area contributed by atoms with Gasteiger partial charge in [0.25, 0.3) is 0 Å². The Bertz CT molecular complexity index is 700. The van der Waals surface area contributed by atoms with Crippen molar-refractivity contribution in [1.29, 1.82) is 0 Å². The minimum absolute atomic E-state index is 0.329. The number of rotatable bonds is 0. The molecule has 4 heteroatoms. The third kappa shape index (κ3) is 1.32. The lowest BCUT2D eigenvalue weighted by atomic mass is 10.1. The number of para-hydroxylation sites is 1. The van der Waals surface area contributed by atoms with Crippen LogP contribution in [0.15, 0.2) is 34.7 Å². The molecule has 0 aliphatic rings. The summed E-state index contributed by atoms with van der Waals surface area (Å²) in [5, 5.41) is 2.99. The van der Waals surface area contributed by atoms with Crippen molar-refractivity contribution in [3.8, 4) is 0 Å². The molecule has 0 saturated carbocycles. The monoisotopic (exact) mass is 270 g/mol. The van der Waals surface area contributed by atoms with Gasteiger partial charge in [-0.05, 0) is 12.1 Å². The Morgan fingerprint density at radius 1 is 0.875 bits per heavy atom. The van der Waals surface area contributed by atoms with Crippen molar-refractivity contribution in [2.24, 2.45) is 0 Å². The fraction of sp³-hybridized carbons (Fsp3) is 0. The first-order valence-electron chi connectivity index (χ1n) is 4.63. The van der Waals surface area contributed by atoms with Crippen LogP contribution in [0.3, 0.4) is 0 Å². The van der Waals surface area contributed by atoms with E-state index in [1.807, 2.05) is 24.3 Å². The van der Waals surface area contributed by atoms with E-state index in [0.29, 0.717) is 20.7 Å². The van der Waals surface area contributed by atoms with E-state index < -0.39 is 0 Å². The maximum Gasteiger partial charge on any atom is 0.155 e. The molecule has 0 unspecified atom stereocenters. The van der Waals surface area contributed by atoms with E-state index >= 15 is 0 Å². The fourth-order valence-corrected chi connectivity index (χ4v) is 2.40. The van der Waals surface area contributed by atoms with E-state index in [9.17, 15) is 0 Å². The molecule has 0 atom stereocenters. The molecule has 0 fully saturated rings. The third-order valence-electron chi connectivity index (χ3n) is 2.51. The van der Waals surface area contributed by atoms with Crippen LogP contribution in [-0.2, 0) is 0 Å². The molecule has 0 spiro atoms. The number of hydrogen-bond acceptors (Lipinski definition) is 1. The summed E-state index contributed by atoms with van der Waals surface area (Å²) >= 11 is 18.0. The molecule has 1 nitrogen and oxygen atoms in total. The average Bonchev–Trinajstić information content (AvgIpc) is 2.65. The fourth-order valence-electron chi connectivity index (χ4n) is 1.77. The predicted molar refractivity (Wildman–Crippen MR) is 68.8 cm³/mol. The van der Waals surface area contributed by atoms with Crippen molar-refractivity contribution in [3.63, 3.8) is 0 Å². The Balaban J connectivity index is 2.60. The number of hydrogen-bond donors (Lipinski definition) is 0. The van der Waals surface area contributed by atoms with E-state index in [4.69, 9.17) is 39.2 Å². The second-order valence-corrected chi connectivity index (χ2v) is 4.62. The van der Waals surface area contributed by atoms with Crippen molar-refractivity contribution >= 4 is 56.7 Å². The van der Waals surface area contributed by atoms with Crippen LogP contribution >= 0.6 is 34.8 Å². The highest BCUT2D eigenvalue weighted by Gasteiger charge is 2.14. The van der Waals surface area contributed by atoms with Gasteiger partial charge in [0.05, 0.1) is 10.0 Å². The topological polar surface area (TPSA) is 13.1 Å². The molecule has 0 aliphatic heterocycles. The molecule has 16 heavy (non-hydrogen) atoms. The summed E-state index contributed by atoms with van der Waals surface area (Å²) in [6.07, 6.45) is 0. The largest absolute Gasteiger partial charge is 0.454 e. The SMILES string of the molecule is Clc1cc2c(oc3ccccc32)c(Cl)c1Cl. The molecule has 0 N–H and O–H groups in total. The highest BCUT2D eigenvalue weighted by Crippen LogP contribution is 2.40. The standard InChI is InChI=1S/C12H5Cl3O/c13-8-5-7-6-3-1-2-4-9(6)16-12(7)11(15)10(8)14/h1-5H. The lowest BCUT2D eigenvalue weighted by Crippen LogP contribution is -1.73. The Kier molecular flexibility index (Phi) is 2.28. The van der Waals surface area contributed by atoms with Gasteiger partial charge in [0.2, 0.25) is 0 Å². The molecule has 0 amide bonds. The summed E-state index contributed by atoms with van der Waals surface area (Å²) in [5.41, 5.74) is 1.36.